The summed E-state index contributed by atoms with van der Waals surface area (Å²) in [5.41, 5.74) is 6.53. The van der Waals surface area contributed by atoms with Gasteiger partial charge in [0.25, 0.3) is 5.56 Å². The van der Waals surface area contributed by atoms with Crippen LogP contribution in [0.5, 0.6) is 0 Å². The van der Waals surface area contributed by atoms with Gasteiger partial charge in [-0.2, -0.15) is 0 Å². The zero-order chi connectivity index (χ0) is 15.7. The molecule has 2 aromatic carbocycles. The van der Waals surface area contributed by atoms with Gasteiger partial charge in [-0.05, 0) is 30.7 Å². The predicted octanol–water partition coefficient (Wildman–Crippen LogP) is 2.93. The molecule has 0 amide bonds. The molecule has 22 heavy (non-hydrogen) atoms. The van der Waals surface area contributed by atoms with Crippen LogP contribution in [0.25, 0.3) is 16.6 Å². The van der Waals surface area contributed by atoms with E-state index in [0.29, 0.717) is 23.1 Å². The number of rotatable bonds is 3. The zero-order valence-corrected chi connectivity index (χ0v) is 12.2. The number of para-hydroxylation sites is 2. The standard InChI is InChI=1S/C17H16FN3O/c1-2-13(19)16-20-14-9-5-3-7-11(14)17(22)21(16)15-10-6-4-8-12(15)18/h3-10,13H,2,19H2,1H3. The van der Waals surface area contributed by atoms with Crippen LogP contribution in [0.2, 0.25) is 0 Å². The highest BCUT2D eigenvalue weighted by atomic mass is 19.1. The normalized spacial score (nSPS) is 12.5. The van der Waals surface area contributed by atoms with E-state index < -0.39 is 11.9 Å². The molecule has 3 aromatic rings. The topological polar surface area (TPSA) is 60.9 Å². The van der Waals surface area contributed by atoms with Gasteiger partial charge in [-0.1, -0.05) is 31.2 Å². The lowest BCUT2D eigenvalue weighted by Crippen LogP contribution is -2.28. The number of benzene rings is 2. The molecule has 0 aliphatic heterocycles. The number of hydrogen-bond donors (Lipinski definition) is 1. The summed E-state index contributed by atoms with van der Waals surface area (Å²) in [5, 5.41) is 0.442. The van der Waals surface area contributed by atoms with Crippen molar-refractivity contribution < 1.29 is 4.39 Å². The Balaban J connectivity index is 2.43. The summed E-state index contributed by atoms with van der Waals surface area (Å²) in [6.07, 6.45) is 0.596. The van der Waals surface area contributed by atoms with Crippen LogP contribution in [0, 0.1) is 5.82 Å². The monoisotopic (exact) mass is 297 g/mol. The summed E-state index contributed by atoms with van der Waals surface area (Å²) in [6.45, 7) is 1.90. The molecule has 0 aliphatic carbocycles. The maximum Gasteiger partial charge on any atom is 0.266 e. The van der Waals surface area contributed by atoms with E-state index in [1.165, 1.54) is 10.6 Å². The van der Waals surface area contributed by atoms with Crippen molar-refractivity contribution in [1.29, 1.82) is 0 Å². The van der Waals surface area contributed by atoms with Crippen LogP contribution in [-0.4, -0.2) is 9.55 Å². The van der Waals surface area contributed by atoms with Gasteiger partial charge in [-0.3, -0.25) is 9.36 Å². The van der Waals surface area contributed by atoms with Gasteiger partial charge in [0.05, 0.1) is 22.6 Å². The van der Waals surface area contributed by atoms with Gasteiger partial charge in [-0.25, -0.2) is 9.37 Å². The number of halogens is 1. The largest absolute Gasteiger partial charge is 0.321 e. The van der Waals surface area contributed by atoms with Crippen LogP contribution in [0.15, 0.2) is 53.3 Å². The average molecular weight is 297 g/mol. The first-order chi connectivity index (χ1) is 10.6. The van der Waals surface area contributed by atoms with Gasteiger partial charge in [0, 0.05) is 0 Å². The first kappa shape index (κ1) is 14.4. The molecule has 0 radical (unpaired) electrons. The number of nitrogens with zero attached hydrogens (tertiary/aromatic N) is 2. The fourth-order valence-corrected chi connectivity index (χ4v) is 2.45. The Morgan fingerprint density at radius 1 is 1.18 bits per heavy atom. The third-order valence-corrected chi connectivity index (χ3v) is 3.67. The van der Waals surface area contributed by atoms with Crippen LogP contribution in [0.1, 0.15) is 25.2 Å². The minimum atomic E-state index is -0.480. The molecule has 1 aromatic heterocycles. The molecule has 4 nitrogen and oxygen atoms in total. The second kappa shape index (κ2) is 5.69. The van der Waals surface area contributed by atoms with E-state index in [1.807, 2.05) is 13.0 Å². The predicted molar refractivity (Wildman–Crippen MR) is 84.5 cm³/mol. The van der Waals surface area contributed by atoms with Crippen molar-refractivity contribution in [1.82, 2.24) is 9.55 Å². The molecule has 2 N–H and O–H groups in total. The SMILES string of the molecule is CCC(N)c1nc2ccccc2c(=O)n1-c1ccccc1F. The molecule has 5 heteroatoms. The van der Waals surface area contributed by atoms with Gasteiger partial charge in [0.15, 0.2) is 0 Å². The number of hydrogen-bond acceptors (Lipinski definition) is 3. The average Bonchev–Trinajstić information content (AvgIpc) is 2.55. The number of fused-ring (bicyclic) bond motifs is 1. The lowest BCUT2D eigenvalue weighted by Gasteiger charge is -2.17. The third-order valence-electron chi connectivity index (χ3n) is 3.67. The summed E-state index contributed by atoms with van der Waals surface area (Å²) >= 11 is 0. The van der Waals surface area contributed by atoms with Gasteiger partial charge < -0.3 is 5.73 Å². The molecule has 0 bridgehead atoms. The smallest absolute Gasteiger partial charge is 0.266 e. The first-order valence-electron chi connectivity index (χ1n) is 7.15. The molecular formula is C17H16FN3O. The summed E-state index contributed by atoms with van der Waals surface area (Å²) in [6, 6.07) is 12.7. The Morgan fingerprint density at radius 2 is 1.86 bits per heavy atom. The third kappa shape index (κ3) is 2.29. The Hall–Kier alpha value is -2.53. The molecule has 112 valence electrons. The van der Waals surface area contributed by atoms with E-state index in [1.54, 1.807) is 36.4 Å². The van der Waals surface area contributed by atoms with Crippen LogP contribution >= 0.6 is 0 Å². The van der Waals surface area contributed by atoms with Crippen LogP contribution < -0.4 is 11.3 Å². The Morgan fingerprint density at radius 3 is 2.59 bits per heavy atom. The van der Waals surface area contributed by atoms with Crippen molar-refractivity contribution in [3.05, 3.63) is 70.5 Å². The van der Waals surface area contributed by atoms with Crippen molar-refractivity contribution >= 4 is 10.9 Å². The second-order valence-electron chi connectivity index (χ2n) is 5.09. The molecule has 0 aliphatic rings. The molecule has 0 saturated carbocycles. The molecule has 0 saturated heterocycles. The lowest BCUT2D eigenvalue weighted by atomic mass is 10.1. The highest BCUT2D eigenvalue weighted by Crippen LogP contribution is 2.20. The van der Waals surface area contributed by atoms with Gasteiger partial charge in [0.2, 0.25) is 0 Å². The van der Waals surface area contributed by atoms with Gasteiger partial charge in [0.1, 0.15) is 11.6 Å². The van der Waals surface area contributed by atoms with Crippen molar-refractivity contribution in [3.63, 3.8) is 0 Å². The quantitative estimate of drug-likeness (QED) is 0.808. The van der Waals surface area contributed by atoms with E-state index in [4.69, 9.17) is 5.73 Å². The number of aromatic nitrogens is 2. The van der Waals surface area contributed by atoms with Crippen molar-refractivity contribution in [2.75, 3.05) is 0 Å². The minimum absolute atomic E-state index is 0.171. The molecule has 1 unspecified atom stereocenters. The lowest BCUT2D eigenvalue weighted by molar-refractivity contribution is 0.588. The Bertz CT molecular complexity index is 888. The Kier molecular flexibility index (Phi) is 3.73. The van der Waals surface area contributed by atoms with E-state index in [0.717, 1.165) is 0 Å². The van der Waals surface area contributed by atoms with Crippen LogP contribution in [-0.2, 0) is 0 Å². The fourth-order valence-electron chi connectivity index (χ4n) is 2.45. The molecular weight excluding hydrogens is 281 g/mol. The van der Waals surface area contributed by atoms with Crippen LogP contribution in [0.3, 0.4) is 0 Å². The van der Waals surface area contributed by atoms with Crippen LogP contribution in [0.4, 0.5) is 4.39 Å². The molecule has 1 heterocycles. The van der Waals surface area contributed by atoms with Crippen molar-refractivity contribution in [3.8, 4) is 5.69 Å². The highest BCUT2D eigenvalue weighted by Gasteiger charge is 2.18. The van der Waals surface area contributed by atoms with Gasteiger partial charge >= 0.3 is 0 Å². The molecule has 1 atom stereocenters. The summed E-state index contributed by atoms with van der Waals surface area (Å²) in [4.78, 5) is 17.3. The second-order valence-corrected chi connectivity index (χ2v) is 5.09. The number of nitrogens with two attached hydrogens (primary N) is 1. The van der Waals surface area contributed by atoms with Crippen molar-refractivity contribution in [2.24, 2.45) is 5.73 Å². The minimum Gasteiger partial charge on any atom is -0.321 e. The maximum absolute atomic E-state index is 14.2. The summed E-state index contributed by atoms with van der Waals surface area (Å²) in [7, 11) is 0. The zero-order valence-electron chi connectivity index (χ0n) is 12.2. The van der Waals surface area contributed by atoms with Crippen molar-refractivity contribution in [2.45, 2.75) is 19.4 Å². The maximum atomic E-state index is 14.2. The molecule has 0 fully saturated rings. The fraction of sp³-hybridized carbons (Fsp3) is 0.176. The Labute approximate surface area is 127 Å². The molecule has 3 rings (SSSR count). The van der Waals surface area contributed by atoms with E-state index >= 15 is 0 Å². The van der Waals surface area contributed by atoms with E-state index in [-0.39, 0.29) is 11.2 Å². The van der Waals surface area contributed by atoms with Gasteiger partial charge in [-0.15, -0.1) is 0 Å². The molecule has 0 spiro atoms. The van der Waals surface area contributed by atoms with E-state index in [2.05, 4.69) is 4.98 Å². The summed E-state index contributed by atoms with van der Waals surface area (Å²) in [5.74, 6) is -0.109. The van der Waals surface area contributed by atoms with E-state index in [9.17, 15) is 9.18 Å². The summed E-state index contributed by atoms with van der Waals surface area (Å²) < 4.78 is 15.5. The highest BCUT2D eigenvalue weighted by molar-refractivity contribution is 5.77. The first-order valence-corrected chi connectivity index (χ1v) is 7.15.